The summed E-state index contributed by atoms with van der Waals surface area (Å²) < 4.78 is 1.14. The maximum absolute atomic E-state index is 12.9. The third-order valence-corrected chi connectivity index (χ3v) is 6.62. The first kappa shape index (κ1) is 16.5. The summed E-state index contributed by atoms with van der Waals surface area (Å²) in [5.41, 5.74) is 1.05. The predicted molar refractivity (Wildman–Crippen MR) is 98.2 cm³/mol. The van der Waals surface area contributed by atoms with E-state index in [0.717, 1.165) is 33.4 Å². The minimum atomic E-state index is -0.720. The zero-order chi connectivity index (χ0) is 17.6. The summed E-state index contributed by atoms with van der Waals surface area (Å²) in [6.45, 7) is 4.49. The van der Waals surface area contributed by atoms with Gasteiger partial charge in [-0.15, -0.1) is 11.3 Å². The van der Waals surface area contributed by atoms with E-state index >= 15 is 0 Å². The van der Waals surface area contributed by atoms with Crippen LogP contribution in [0.2, 0.25) is 0 Å². The fraction of sp³-hybridized carbons (Fsp3) is 0.474. The second-order valence-corrected chi connectivity index (χ2v) is 8.05. The average molecular weight is 358 g/mol. The Morgan fingerprint density at radius 2 is 1.84 bits per heavy atom. The largest absolute Gasteiger partial charge is 0.480 e. The first-order chi connectivity index (χ1) is 12.1. The lowest BCUT2D eigenvalue weighted by atomic mass is 10.1. The van der Waals surface area contributed by atoms with Crippen molar-refractivity contribution in [1.29, 1.82) is 0 Å². The maximum atomic E-state index is 12.9. The van der Waals surface area contributed by atoms with Gasteiger partial charge in [-0.05, 0) is 42.7 Å². The fourth-order valence-corrected chi connectivity index (χ4v) is 4.97. The van der Waals surface area contributed by atoms with Gasteiger partial charge in [0.1, 0.15) is 6.04 Å². The third-order valence-electron chi connectivity index (χ3n) is 5.35. The molecule has 132 valence electrons. The number of carbonyl (C=O) groups excluding carboxylic acids is 1. The van der Waals surface area contributed by atoms with Crippen molar-refractivity contribution in [2.75, 3.05) is 26.2 Å². The minimum Gasteiger partial charge on any atom is -0.480 e. The quantitative estimate of drug-likeness (QED) is 0.913. The van der Waals surface area contributed by atoms with Crippen LogP contribution in [0.15, 0.2) is 24.3 Å². The van der Waals surface area contributed by atoms with E-state index < -0.39 is 5.97 Å². The Balaban J connectivity index is 1.47. The van der Waals surface area contributed by atoms with E-state index in [0.29, 0.717) is 32.1 Å². The van der Waals surface area contributed by atoms with Crippen molar-refractivity contribution >= 4 is 33.3 Å². The molecule has 1 saturated carbocycles. The zero-order valence-corrected chi connectivity index (χ0v) is 15.1. The van der Waals surface area contributed by atoms with Crippen molar-refractivity contribution in [3.63, 3.8) is 0 Å². The molecule has 4 rings (SSSR count). The second-order valence-electron chi connectivity index (χ2n) is 7.00. The Bertz CT molecular complexity index is 819. The number of rotatable bonds is 4. The number of hydrogen-bond donors (Lipinski definition) is 1. The topological polar surface area (TPSA) is 60.9 Å². The van der Waals surface area contributed by atoms with Crippen molar-refractivity contribution in [3.8, 4) is 0 Å². The molecule has 2 aliphatic rings. The van der Waals surface area contributed by atoms with Gasteiger partial charge >= 0.3 is 5.97 Å². The SMILES string of the molecule is Cc1c(C(=O)N2CCN(C(C(=O)O)C3CC3)CC2)sc2ccccc12. The molecule has 5 nitrogen and oxygen atoms in total. The van der Waals surface area contributed by atoms with Crippen LogP contribution in [0.4, 0.5) is 0 Å². The van der Waals surface area contributed by atoms with Crippen LogP contribution in [0.1, 0.15) is 28.1 Å². The van der Waals surface area contributed by atoms with Gasteiger partial charge in [0.05, 0.1) is 4.88 Å². The number of piperazine rings is 1. The lowest BCUT2D eigenvalue weighted by Gasteiger charge is -2.37. The predicted octanol–water partition coefficient (Wildman–Crippen LogP) is 2.83. The van der Waals surface area contributed by atoms with Crippen LogP contribution >= 0.6 is 11.3 Å². The van der Waals surface area contributed by atoms with Crippen LogP contribution in [-0.4, -0.2) is 59.0 Å². The molecule has 0 spiro atoms. The molecule has 2 aromatic rings. The number of carboxylic acid groups (broad SMARTS) is 1. The Morgan fingerprint density at radius 1 is 1.16 bits per heavy atom. The molecule has 2 heterocycles. The molecule has 1 aliphatic heterocycles. The first-order valence-corrected chi connectivity index (χ1v) is 9.62. The van der Waals surface area contributed by atoms with Gasteiger partial charge < -0.3 is 10.0 Å². The number of fused-ring (bicyclic) bond motifs is 1. The summed E-state index contributed by atoms with van der Waals surface area (Å²) in [5.74, 6) is -0.344. The van der Waals surface area contributed by atoms with Gasteiger partial charge in [-0.1, -0.05) is 18.2 Å². The molecule has 6 heteroatoms. The number of benzene rings is 1. The Hall–Kier alpha value is -1.92. The summed E-state index contributed by atoms with van der Waals surface area (Å²) in [6, 6.07) is 7.73. The molecule has 1 aliphatic carbocycles. The van der Waals surface area contributed by atoms with Gasteiger partial charge in [0.25, 0.3) is 5.91 Å². The molecule has 2 fully saturated rings. The van der Waals surface area contributed by atoms with Gasteiger partial charge in [0, 0.05) is 30.9 Å². The number of hydrogen-bond acceptors (Lipinski definition) is 4. The van der Waals surface area contributed by atoms with E-state index in [1.807, 2.05) is 28.9 Å². The molecular formula is C19H22N2O3S. The van der Waals surface area contributed by atoms with Crippen LogP contribution in [0.25, 0.3) is 10.1 Å². The van der Waals surface area contributed by atoms with Crippen LogP contribution in [-0.2, 0) is 4.79 Å². The maximum Gasteiger partial charge on any atom is 0.321 e. The summed E-state index contributed by atoms with van der Waals surface area (Å²) in [6.07, 6.45) is 2.02. The van der Waals surface area contributed by atoms with Crippen LogP contribution in [0, 0.1) is 12.8 Å². The van der Waals surface area contributed by atoms with E-state index in [9.17, 15) is 14.7 Å². The molecular weight excluding hydrogens is 336 g/mol. The summed E-state index contributed by atoms with van der Waals surface area (Å²) in [4.78, 5) is 29.2. The molecule has 1 aromatic heterocycles. The lowest BCUT2D eigenvalue weighted by molar-refractivity contribution is -0.144. The molecule has 0 radical (unpaired) electrons. The lowest BCUT2D eigenvalue weighted by Crippen LogP contribution is -2.54. The van der Waals surface area contributed by atoms with Crippen molar-refractivity contribution in [2.45, 2.75) is 25.8 Å². The molecule has 1 N–H and O–H groups in total. The standard InChI is InChI=1S/C19H22N2O3S/c1-12-14-4-2-3-5-15(14)25-17(12)18(22)21-10-8-20(9-11-21)16(19(23)24)13-6-7-13/h2-5,13,16H,6-11H2,1H3,(H,23,24). The number of carboxylic acids is 1. The molecule has 1 unspecified atom stereocenters. The number of aryl methyl sites for hydroxylation is 1. The smallest absolute Gasteiger partial charge is 0.321 e. The number of carbonyl (C=O) groups is 2. The number of aliphatic carboxylic acids is 1. The molecule has 25 heavy (non-hydrogen) atoms. The van der Waals surface area contributed by atoms with Crippen molar-refractivity contribution in [2.24, 2.45) is 5.92 Å². The number of amides is 1. The highest BCUT2D eigenvalue weighted by Crippen LogP contribution is 2.36. The fourth-order valence-electron chi connectivity index (χ4n) is 3.79. The third kappa shape index (κ3) is 3.04. The zero-order valence-electron chi connectivity index (χ0n) is 14.3. The van der Waals surface area contributed by atoms with Crippen molar-refractivity contribution in [3.05, 3.63) is 34.7 Å². The Morgan fingerprint density at radius 3 is 2.44 bits per heavy atom. The molecule has 1 aromatic carbocycles. The minimum absolute atomic E-state index is 0.0802. The highest BCUT2D eigenvalue weighted by Gasteiger charge is 2.41. The first-order valence-electron chi connectivity index (χ1n) is 8.80. The highest BCUT2D eigenvalue weighted by atomic mass is 32.1. The van der Waals surface area contributed by atoms with Gasteiger partial charge in [-0.3, -0.25) is 14.5 Å². The van der Waals surface area contributed by atoms with Gasteiger partial charge in [-0.25, -0.2) is 0 Å². The van der Waals surface area contributed by atoms with Crippen molar-refractivity contribution in [1.82, 2.24) is 9.80 Å². The highest BCUT2D eigenvalue weighted by molar-refractivity contribution is 7.21. The van der Waals surface area contributed by atoms with Crippen molar-refractivity contribution < 1.29 is 14.7 Å². The van der Waals surface area contributed by atoms with E-state index in [4.69, 9.17) is 0 Å². The molecule has 1 amide bonds. The summed E-state index contributed by atoms with van der Waals surface area (Å²) in [7, 11) is 0. The Labute approximate surface area is 150 Å². The van der Waals surface area contributed by atoms with E-state index in [1.54, 1.807) is 11.3 Å². The van der Waals surface area contributed by atoms with Gasteiger partial charge in [-0.2, -0.15) is 0 Å². The average Bonchev–Trinajstić information content (AvgIpc) is 3.38. The van der Waals surface area contributed by atoms with Crippen LogP contribution < -0.4 is 0 Å². The number of thiophene rings is 1. The Kier molecular flexibility index (Phi) is 4.25. The molecule has 1 atom stereocenters. The normalized spacial score (nSPS) is 20.0. The summed E-state index contributed by atoms with van der Waals surface area (Å²) >= 11 is 1.55. The monoisotopic (exact) mass is 358 g/mol. The molecule has 1 saturated heterocycles. The second kappa shape index (κ2) is 6.42. The summed E-state index contributed by atoms with van der Waals surface area (Å²) in [5, 5.41) is 10.6. The van der Waals surface area contributed by atoms with E-state index in [-0.39, 0.29) is 11.9 Å². The molecule has 0 bridgehead atoms. The number of nitrogens with zero attached hydrogens (tertiary/aromatic N) is 2. The van der Waals surface area contributed by atoms with Gasteiger partial charge in [0.2, 0.25) is 0 Å². The van der Waals surface area contributed by atoms with E-state index in [1.165, 1.54) is 0 Å². The van der Waals surface area contributed by atoms with E-state index in [2.05, 4.69) is 12.1 Å². The van der Waals surface area contributed by atoms with Crippen LogP contribution in [0.3, 0.4) is 0 Å². The van der Waals surface area contributed by atoms with Crippen LogP contribution in [0.5, 0.6) is 0 Å². The van der Waals surface area contributed by atoms with Gasteiger partial charge in [0.15, 0.2) is 0 Å².